The Morgan fingerprint density at radius 2 is 2.18 bits per heavy atom. The fraction of sp³-hybridized carbons (Fsp3) is 0.316. The van der Waals surface area contributed by atoms with E-state index in [1.165, 1.54) is 29.8 Å². The Hall–Kier alpha value is -2.78. The molecule has 1 aliphatic carbocycles. The zero-order valence-corrected chi connectivity index (χ0v) is 16.1. The fourth-order valence-electron chi connectivity index (χ4n) is 3.49. The summed E-state index contributed by atoms with van der Waals surface area (Å²) in [5.41, 5.74) is 12.7. The van der Waals surface area contributed by atoms with Crippen LogP contribution in [-0.2, 0) is 0 Å². The predicted molar refractivity (Wildman–Crippen MR) is 107 cm³/mol. The number of halogens is 1. The average molecular weight is 401 g/mol. The molecule has 2 heterocycles. The highest BCUT2D eigenvalue weighted by Gasteiger charge is 2.25. The van der Waals surface area contributed by atoms with Crippen LogP contribution in [0.1, 0.15) is 34.5 Å². The molecule has 2 unspecified atom stereocenters. The fourth-order valence-corrected chi connectivity index (χ4v) is 4.49. The lowest BCUT2D eigenvalue weighted by Crippen LogP contribution is -2.19. The van der Waals surface area contributed by atoms with Crippen LogP contribution in [0.25, 0.3) is 10.2 Å². The number of carbonyl (C=O) groups excluding carboxylic acids is 1. The number of hydrogen-bond donors (Lipinski definition) is 3. The number of benzene rings is 1. The molecule has 0 spiro atoms. The molecule has 0 saturated heterocycles. The molecule has 0 bridgehead atoms. The number of rotatable bonds is 5. The second-order valence-corrected chi connectivity index (χ2v) is 7.90. The van der Waals surface area contributed by atoms with Gasteiger partial charge in [0.05, 0.1) is 16.0 Å². The van der Waals surface area contributed by atoms with Gasteiger partial charge < -0.3 is 21.5 Å². The van der Waals surface area contributed by atoms with Gasteiger partial charge in [-0.05, 0) is 43.9 Å². The third kappa shape index (κ3) is 3.50. The number of primary amides is 1. The van der Waals surface area contributed by atoms with E-state index in [1.807, 2.05) is 0 Å². The van der Waals surface area contributed by atoms with Crippen molar-refractivity contribution in [1.29, 1.82) is 0 Å². The van der Waals surface area contributed by atoms with Gasteiger partial charge in [-0.25, -0.2) is 14.4 Å². The second kappa shape index (κ2) is 7.33. The van der Waals surface area contributed by atoms with Crippen molar-refractivity contribution < 1.29 is 13.9 Å². The Balaban J connectivity index is 1.70. The first-order valence-corrected chi connectivity index (χ1v) is 9.76. The van der Waals surface area contributed by atoms with E-state index in [0.29, 0.717) is 37.9 Å². The lowest BCUT2D eigenvalue weighted by atomic mass is 10.2. The Labute approximate surface area is 164 Å². The number of ether oxygens (including phenoxy) is 1. The minimum absolute atomic E-state index is 0.0490. The number of carbonyl (C=O) groups is 1. The van der Waals surface area contributed by atoms with Crippen LogP contribution >= 0.6 is 11.3 Å². The summed E-state index contributed by atoms with van der Waals surface area (Å²) in [7, 11) is 0. The van der Waals surface area contributed by atoms with E-state index >= 15 is 0 Å². The maximum atomic E-state index is 13.8. The van der Waals surface area contributed by atoms with Crippen molar-refractivity contribution in [2.75, 3.05) is 5.32 Å². The highest BCUT2D eigenvalue weighted by Crippen LogP contribution is 2.37. The first kappa shape index (κ1) is 18.6. The lowest BCUT2D eigenvalue weighted by Gasteiger charge is -2.18. The van der Waals surface area contributed by atoms with Gasteiger partial charge in [-0.3, -0.25) is 4.79 Å². The maximum absolute atomic E-state index is 13.8. The van der Waals surface area contributed by atoms with Gasteiger partial charge in [-0.15, -0.1) is 11.3 Å². The SMILES string of the molecule is Cc1c(C(N)=O)sc2ncnc(Nc3ccc(F)cc3OC3CCC(N)C3)c12. The van der Waals surface area contributed by atoms with Crippen LogP contribution in [0.5, 0.6) is 5.75 Å². The van der Waals surface area contributed by atoms with E-state index in [2.05, 4.69) is 15.3 Å². The first-order valence-electron chi connectivity index (χ1n) is 8.95. The molecule has 2 aromatic heterocycles. The molecule has 2 atom stereocenters. The molecule has 1 amide bonds. The summed E-state index contributed by atoms with van der Waals surface area (Å²) in [5, 5.41) is 3.91. The molecule has 1 saturated carbocycles. The molecule has 4 rings (SSSR count). The smallest absolute Gasteiger partial charge is 0.259 e. The Kier molecular flexibility index (Phi) is 4.86. The van der Waals surface area contributed by atoms with Crippen LogP contribution in [-0.4, -0.2) is 28.0 Å². The number of amides is 1. The van der Waals surface area contributed by atoms with E-state index in [4.69, 9.17) is 16.2 Å². The van der Waals surface area contributed by atoms with Gasteiger partial charge in [-0.1, -0.05) is 0 Å². The number of nitrogens with one attached hydrogen (secondary N) is 1. The van der Waals surface area contributed by atoms with E-state index in [9.17, 15) is 9.18 Å². The van der Waals surface area contributed by atoms with Gasteiger partial charge >= 0.3 is 0 Å². The average Bonchev–Trinajstić information content (AvgIpc) is 3.21. The molecule has 1 aromatic carbocycles. The van der Waals surface area contributed by atoms with E-state index < -0.39 is 11.7 Å². The van der Waals surface area contributed by atoms with Gasteiger partial charge in [0.1, 0.15) is 34.6 Å². The summed E-state index contributed by atoms with van der Waals surface area (Å²) in [6.45, 7) is 1.80. The van der Waals surface area contributed by atoms with Crippen molar-refractivity contribution in [3.05, 3.63) is 40.8 Å². The van der Waals surface area contributed by atoms with Gasteiger partial charge in [0.25, 0.3) is 5.91 Å². The molecule has 1 fully saturated rings. The predicted octanol–water partition coefficient (Wildman–Crippen LogP) is 3.24. The van der Waals surface area contributed by atoms with Crippen LogP contribution in [0.4, 0.5) is 15.9 Å². The topological polar surface area (TPSA) is 116 Å². The number of nitrogens with two attached hydrogens (primary N) is 2. The van der Waals surface area contributed by atoms with Crippen LogP contribution in [0.3, 0.4) is 0 Å². The Bertz CT molecular complexity index is 1050. The third-order valence-electron chi connectivity index (χ3n) is 4.87. The third-order valence-corrected chi connectivity index (χ3v) is 6.08. The molecular weight excluding hydrogens is 381 g/mol. The first-order chi connectivity index (χ1) is 13.4. The maximum Gasteiger partial charge on any atom is 0.259 e. The van der Waals surface area contributed by atoms with Crippen LogP contribution in [0, 0.1) is 12.7 Å². The largest absolute Gasteiger partial charge is 0.488 e. The van der Waals surface area contributed by atoms with Gasteiger partial charge in [-0.2, -0.15) is 0 Å². The number of aryl methyl sites for hydroxylation is 1. The molecule has 7 nitrogen and oxygen atoms in total. The van der Waals surface area contributed by atoms with Crippen LogP contribution < -0.4 is 21.5 Å². The van der Waals surface area contributed by atoms with Crippen molar-refractivity contribution in [1.82, 2.24) is 9.97 Å². The summed E-state index contributed by atoms with van der Waals surface area (Å²) in [5.74, 6) is 0.00735. The van der Waals surface area contributed by atoms with Crippen LogP contribution in [0.15, 0.2) is 24.5 Å². The van der Waals surface area contributed by atoms with Crippen molar-refractivity contribution >= 4 is 39.0 Å². The molecule has 0 radical (unpaired) electrons. The van der Waals surface area contributed by atoms with Crippen molar-refractivity contribution in [3.63, 3.8) is 0 Å². The van der Waals surface area contributed by atoms with Gasteiger partial charge in [0.15, 0.2) is 0 Å². The normalized spacial score (nSPS) is 19.1. The highest BCUT2D eigenvalue weighted by molar-refractivity contribution is 7.20. The Morgan fingerprint density at radius 1 is 1.36 bits per heavy atom. The zero-order chi connectivity index (χ0) is 19.8. The number of nitrogens with zero attached hydrogens (tertiary/aromatic N) is 2. The molecule has 0 aliphatic heterocycles. The monoisotopic (exact) mass is 401 g/mol. The second-order valence-electron chi connectivity index (χ2n) is 6.90. The highest BCUT2D eigenvalue weighted by atomic mass is 32.1. The van der Waals surface area contributed by atoms with Crippen molar-refractivity contribution in [2.24, 2.45) is 11.5 Å². The van der Waals surface area contributed by atoms with Gasteiger partial charge in [0, 0.05) is 12.1 Å². The molecule has 146 valence electrons. The summed E-state index contributed by atoms with van der Waals surface area (Å²) in [6, 6.07) is 4.41. The molecule has 1 aliphatic rings. The molecule has 3 aromatic rings. The number of thiophene rings is 1. The zero-order valence-electron chi connectivity index (χ0n) is 15.2. The summed E-state index contributed by atoms with van der Waals surface area (Å²) < 4.78 is 19.9. The van der Waals surface area contributed by atoms with Crippen LogP contribution in [0.2, 0.25) is 0 Å². The Morgan fingerprint density at radius 3 is 2.89 bits per heavy atom. The van der Waals surface area contributed by atoms with Crippen molar-refractivity contribution in [3.8, 4) is 5.75 Å². The van der Waals surface area contributed by atoms with Gasteiger partial charge in [0.2, 0.25) is 0 Å². The van der Waals surface area contributed by atoms with E-state index in [-0.39, 0.29) is 12.1 Å². The quantitative estimate of drug-likeness (QED) is 0.604. The summed E-state index contributed by atoms with van der Waals surface area (Å²) in [4.78, 5) is 21.3. The van der Waals surface area contributed by atoms with E-state index in [1.54, 1.807) is 13.0 Å². The van der Waals surface area contributed by atoms with Crippen molar-refractivity contribution in [2.45, 2.75) is 38.3 Å². The number of aromatic nitrogens is 2. The molecular formula is C19H20FN5O2S. The minimum atomic E-state index is -0.505. The number of hydrogen-bond acceptors (Lipinski definition) is 7. The molecule has 28 heavy (non-hydrogen) atoms. The number of anilines is 2. The minimum Gasteiger partial charge on any atom is -0.488 e. The standard InChI is InChI=1S/C19H20FN5O2S/c1-9-15-18(23-8-24-19(15)28-16(9)17(22)26)25-13-5-2-10(20)6-14(13)27-12-4-3-11(21)7-12/h2,5-6,8,11-12H,3-4,7,21H2,1H3,(H2,22,26)(H,23,24,25). The lowest BCUT2D eigenvalue weighted by molar-refractivity contribution is 0.100. The summed E-state index contributed by atoms with van der Waals surface area (Å²) in [6.07, 6.45) is 3.82. The van der Waals surface area contributed by atoms with E-state index in [0.717, 1.165) is 19.3 Å². The molecule has 9 heteroatoms. The number of fused-ring (bicyclic) bond motifs is 1. The summed E-state index contributed by atoms with van der Waals surface area (Å²) >= 11 is 1.22. The molecule has 5 N–H and O–H groups in total.